The van der Waals surface area contributed by atoms with Gasteiger partial charge in [0.2, 0.25) is 0 Å². The molecule has 2 aromatic carbocycles. The minimum absolute atomic E-state index is 0.892. The molecule has 6 heteroatoms. The number of hydrogen-bond acceptors (Lipinski definition) is 4. The summed E-state index contributed by atoms with van der Waals surface area (Å²) < 4.78 is 4.67. The van der Waals surface area contributed by atoms with Gasteiger partial charge >= 0.3 is 0 Å². The third kappa shape index (κ3) is 4.54. The summed E-state index contributed by atoms with van der Waals surface area (Å²) in [4.78, 5) is 19.8. The first-order valence-corrected chi connectivity index (χ1v) is 13.4. The second-order valence-electron chi connectivity index (χ2n) is 9.78. The maximum Gasteiger partial charge on any atom is 0.138 e. The van der Waals surface area contributed by atoms with E-state index in [1.165, 1.54) is 54.5 Å². The largest absolute Gasteiger partial charge is 0.314 e. The van der Waals surface area contributed by atoms with E-state index in [1.807, 2.05) is 0 Å². The molecular weight excluding hydrogens is 432 g/mol. The number of fused-ring (bicyclic) bond motifs is 4. The summed E-state index contributed by atoms with van der Waals surface area (Å²) in [6.07, 6.45) is 10.5. The number of benzene rings is 2. The van der Waals surface area contributed by atoms with Crippen molar-refractivity contribution in [2.75, 3.05) is 13.1 Å². The molecule has 0 amide bonds. The molecule has 0 fully saturated rings. The molecule has 4 aromatic rings. The third-order valence-electron chi connectivity index (χ3n) is 7.33. The molecule has 0 radical (unpaired) electrons. The molecule has 180 valence electrons. The van der Waals surface area contributed by atoms with E-state index in [0.29, 0.717) is 0 Å². The van der Waals surface area contributed by atoms with E-state index in [0.717, 1.165) is 73.9 Å². The van der Waals surface area contributed by atoms with Crippen molar-refractivity contribution in [3.05, 3.63) is 71.2 Å². The molecule has 2 aliphatic heterocycles. The first-order valence-electron chi connectivity index (χ1n) is 13.4. The number of rotatable bonds is 8. The van der Waals surface area contributed by atoms with Gasteiger partial charge in [0.1, 0.15) is 22.6 Å². The lowest BCUT2D eigenvalue weighted by Crippen LogP contribution is -2.23. The Kier molecular flexibility index (Phi) is 6.43. The van der Waals surface area contributed by atoms with Crippen molar-refractivity contribution in [1.29, 1.82) is 0 Å². The molecule has 2 aliphatic rings. The van der Waals surface area contributed by atoms with Gasteiger partial charge in [0.25, 0.3) is 0 Å². The van der Waals surface area contributed by atoms with Crippen LogP contribution < -0.4 is 11.0 Å². The van der Waals surface area contributed by atoms with Gasteiger partial charge in [-0.1, -0.05) is 43.5 Å². The van der Waals surface area contributed by atoms with Crippen LogP contribution in [0.3, 0.4) is 0 Å². The lowest BCUT2D eigenvalue weighted by atomic mass is 10.1. The number of nitrogens with zero attached hydrogens (tertiary/aromatic N) is 6. The van der Waals surface area contributed by atoms with Gasteiger partial charge in [0.15, 0.2) is 0 Å². The van der Waals surface area contributed by atoms with Crippen molar-refractivity contribution in [2.45, 2.75) is 70.9 Å². The van der Waals surface area contributed by atoms with Crippen LogP contribution in [0.25, 0.3) is 21.8 Å². The molecule has 0 N–H and O–H groups in total. The van der Waals surface area contributed by atoms with Gasteiger partial charge in [-0.2, -0.15) is 0 Å². The predicted molar refractivity (Wildman–Crippen MR) is 140 cm³/mol. The lowest BCUT2D eigenvalue weighted by molar-refractivity contribution is 0.609. The van der Waals surface area contributed by atoms with E-state index in [1.54, 1.807) is 0 Å². The molecule has 0 aliphatic carbocycles. The van der Waals surface area contributed by atoms with Crippen molar-refractivity contribution < 1.29 is 0 Å². The summed E-state index contributed by atoms with van der Waals surface area (Å²) in [5.41, 5.74) is 4.43. The van der Waals surface area contributed by atoms with Gasteiger partial charge in [-0.25, -0.2) is 9.97 Å². The van der Waals surface area contributed by atoms with E-state index in [-0.39, 0.29) is 0 Å². The average Bonchev–Trinajstić information content (AvgIpc) is 3.56. The fraction of sp³-hybridized carbons (Fsp3) is 0.448. The van der Waals surface area contributed by atoms with E-state index >= 15 is 0 Å². The van der Waals surface area contributed by atoms with Crippen LogP contribution in [-0.4, -0.2) is 32.2 Å². The molecule has 6 rings (SSSR count). The van der Waals surface area contributed by atoms with E-state index in [2.05, 4.69) is 57.7 Å². The third-order valence-corrected chi connectivity index (χ3v) is 7.33. The highest BCUT2D eigenvalue weighted by Gasteiger charge is 2.15. The Morgan fingerprint density at radius 2 is 1.06 bits per heavy atom. The highest BCUT2D eigenvalue weighted by molar-refractivity contribution is 5.78. The topological polar surface area (TPSA) is 60.4 Å². The van der Waals surface area contributed by atoms with Gasteiger partial charge in [-0.3, -0.25) is 9.98 Å². The van der Waals surface area contributed by atoms with Gasteiger partial charge in [-0.05, 0) is 49.9 Å². The average molecular weight is 467 g/mol. The Bertz CT molecular complexity index is 1380. The highest BCUT2D eigenvalue weighted by Crippen LogP contribution is 2.16. The number of aromatic nitrogens is 4. The number of hydrogen-bond donors (Lipinski definition) is 0. The molecule has 0 unspecified atom stereocenters. The molecule has 0 saturated heterocycles. The number of unbranched alkanes of at least 4 members (excludes halogenated alkanes) is 4. The highest BCUT2D eigenvalue weighted by atomic mass is 15.1. The van der Waals surface area contributed by atoms with Crippen LogP contribution in [0.1, 0.15) is 56.6 Å². The summed E-state index contributed by atoms with van der Waals surface area (Å²) in [6.45, 7) is 3.88. The Morgan fingerprint density at radius 1 is 0.600 bits per heavy atom. The number of para-hydroxylation sites is 2. The van der Waals surface area contributed by atoms with Gasteiger partial charge < -0.3 is 9.13 Å². The summed E-state index contributed by atoms with van der Waals surface area (Å²) in [7, 11) is 0. The van der Waals surface area contributed by atoms with E-state index in [4.69, 9.17) is 20.0 Å². The van der Waals surface area contributed by atoms with Crippen molar-refractivity contribution in [1.82, 2.24) is 19.1 Å². The monoisotopic (exact) mass is 466 g/mol. The summed E-state index contributed by atoms with van der Waals surface area (Å²) in [6, 6.07) is 16.9. The van der Waals surface area contributed by atoms with Crippen molar-refractivity contribution in [2.24, 2.45) is 9.98 Å². The maximum atomic E-state index is 5.04. The number of aryl methyl sites for hydroxylation is 2. The quantitative estimate of drug-likeness (QED) is 0.353. The Morgan fingerprint density at radius 3 is 1.57 bits per heavy atom. The molecule has 0 saturated carbocycles. The molecule has 0 bridgehead atoms. The second kappa shape index (κ2) is 10.1. The first-order chi connectivity index (χ1) is 17.4. The van der Waals surface area contributed by atoms with E-state index in [9.17, 15) is 0 Å². The lowest BCUT2D eigenvalue weighted by Gasteiger charge is -2.08. The standard InChI is InChI=1S/C29H34N6/c1(2-8-18-30-28-22-12-4-6-14-24(22)32-26-16-10-20-34(26)28)3-9-19-31-29-23-13-5-7-15-25(23)33-27-17-11-21-35(27)29/h4-7,12-15H,1-3,8-11,16-21H2. The Hall–Kier alpha value is -3.28. The molecule has 0 atom stereocenters. The molecule has 4 heterocycles. The van der Waals surface area contributed by atoms with E-state index < -0.39 is 0 Å². The minimum atomic E-state index is 0.892. The second-order valence-corrected chi connectivity index (χ2v) is 9.78. The predicted octanol–water partition coefficient (Wildman–Crippen LogP) is 4.73. The summed E-state index contributed by atoms with van der Waals surface area (Å²) in [5.74, 6) is 2.38. The summed E-state index contributed by atoms with van der Waals surface area (Å²) >= 11 is 0. The SMILES string of the molecule is c1ccc2c(=NCCCCCCCN=c3c4ccccc4nc4n3CCC4)n3c(nc2c1)CCC3. The normalized spacial score (nSPS) is 15.9. The van der Waals surface area contributed by atoms with Crippen LogP contribution in [0.4, 0.5) is 0 Å². The summed E-state index contributed by atoms with van der Waals surface area (Å²) in [5, 5.41) is 2.38. The van der Waals surface area contributed by atoms with Crippen LogP contribution in [0.15, 0.2) is 58.5 Å². The van der Waals surface area contributed by atoms with Gasteiger partial charge in [0, 0.05) is 49.8 Å². The fourth-order valence-corrected chi connectivity index (χ4v) is 5.56. The van der Waals surface area contributed by atoms with Crippen molar-refractivity contribution >= 4 is 21.8 Å². The first kappa shape index (κ1) is 22.2. The van der Waals surface area contributed by atoms with Crippen LogP contribution in [0.2, 0.25) is 0 Å². The Labute approximate surface area is 206 Å². The van der Waals surface area contributed by atoms with Crippen LogP contribution in [0.5, 0.6) is 0 Å². The molecule has 35 heavy (non-hydrogen) atoms. The fourth-order valence-electron chi connectivity index (χ4n) is 5.56. The van der Waals surface area contributed by atoms with Crippen LogP contribution >= 0.6 is 0 Å². The zero-order valence-corrected chi connectivity index (χ0v) is 20.5. The zero-order chi connectivity index (χ0) is 23.5. The molecule has 2 aromatic heterocycles. The van der Waals surface area contributed by atoms with Crippen LogP contribution in [-0.2, 0) is 25.9 Å². The van der Waals surface area contributed by atoms with Crippen molar-refractivity contribution in [3.63, 3.8) is 0 Å². The maximum absolute atomic E-state index is 5.04. The molecular formula is C29H34N6. The van der Waals surface area contributed by atoms with Crippen LogP contribution in [0, 0.1) is 0 Å². The molecule has 6 nitrogen and oxygen atoms in total. The zero-order valence-electron chi connectivity index (χ0n) is 20.5. The smallest absolute Gasteiger partial charge is 0.138 e. The van der Waals surface area contributed by atoms with Crippen molar-refractivity contribution in [3.8, 4) is 0 Å². The van der Waals surface area contributed by atoms with Gasteiger partial charge in [-0.15, -0.1) is 0 Å². The Balaban J connectivity index is 1.04. The molecule has 0 spiro atoms. The minimum Gasteiger partial charge on any atom is -0.314 e. The van der Waals surface area contributed by atoms with Gasteiger partial charge in [0.05, 0.1) is 11.0 Å².